The van der Waals surface area contributed by atoms with Gasteiger partial charge in [0.1, 0.15) is 0 Å². The molecule has 196 valence electrons. The van der Waals surface area contributed by atoms with Crippen molar-refractivity contribution in [3.63, 3.8) is 0 Å². The molecule has 4 fully saturated rings. The van der Waals surface area contributed by atoms with Gasteiger partial charge in [0.05, 0.1) is 0 Å². The third kappa shape index (κ3) is 4.25. The van der Waals surface area contributed by atoms with Gasteiger partial charge in [0, 0.05) is 11.3 Å². The summed E-state index contributed by atoms with van der Waals surface area (Å²) in [6, 6.07) is 18.3. The lowest BCUT2D eigenvalue weighted by Gasteiger charge is -2.67. The Morgan fingerprint density at radius 3 is 1.76 bits per heavy atom. The third-order valence-electron chi connectivity index (χ3n) is 10.7. The Labute approximate surface area is 229 Å². The first-order valence-corrected chi connectivity index (χ1v) is 16.8. The molecule has 37 heavy (non-hydrogen) atoms. The molecule has 0 nitrogen and oxygen atoms in total. The van der Waals surface area contributed by atoms with Gasteiger partial charge in [0.15, 0.2) is 0 Å². The minimum atomic E-state index is -0.465. The van der Waals surface area contributed by atoms with Crippen LogP contribution in [-0.2, 0) is 0 Å². The number of hydrogen-bond donors (Lipinski definition) is 0. The zero-order valence-electron chi connectivity index (χ0n) is 23.7. The maximum absolute atomic E-state index is 3.61. The molecular weight excluding hydrogens is 482 g/mol. The molecule has 2 unspecified atom stereocenters. The maximum atomic E-state index is 3.61. The van der Waals surface area contributed by atoms with Gasteiger partial charge in [0.2, 0.25) is 0 Å². The smallest absolute Gasteiger partial charge is 0.0170 e. The molecule has 0 saturated heterocycles. The number of benzene rings is 2. The van der Waals surface area contributed by atoms with E-state index >= 15 is 0 Å². The van der Waals surface area contributed by atoms with Gasteiger partial charge in [0.25, 0.3) is 0 Å². The lowest BCUT2D eigenvalue weighted by atomic mass is 9.42. The van der Waals surface area contributed by atoms with Crippen molar-refractivity contribution in [1.29, 1.82) is 0 Å². The van der Waals surface area contributed by atoms with Crippen LogP contribution in [0.25, 0.3) is 0 Å². The average molecular weight is 529 g/mol. The Bertz CT molecular complexity index is 1160. The second-order valence-electron chi connectivity index (χ2n) is 14.0. The molecule has 7 rings (SSSR count). The van der Waals surface area contributed by atoms with Crippen molar-refractivity contribution in [2.45, 2.75) is 84.7 Å². The van der Waals surface area contributed by atoms with Crippen molar-refractivity contribution >= 4 is 27.8 Å². The zero-order valence-corrected chi connectivity index (χ0v) is 25.7. The topological polar surface area (TPSA) is 0 Å². The van der Waals surface area contributed by atoms with Gasteiger partial charge in [-0.25, -0.2) is 0 Å². The van der Waals surface area contributed by atoms with Crippen LogP contribution >= 0.6 is 17.2 Å². The van der Waals surface area contributed by atoms with E-state index < -0.39 is 7.92 Å². The monoisotopic (exact) mass is 528 g/mol. The highest BCUT2D eigenvalue weighted by molar-refractivity contribution is 7.73. The first-order chi connectivity index (χ1) is 17.6. The van der Waals surface area contributed by atoms with Gasteiger partial charge in [-0.15, -0.1) is 9.24 Å². The van der Waals surface area contributed by atoms with E-state index in [1.807, 2.05) is 0 Å². The Balaban J connectivity index is 1.47. The Hall–Kier alpha value is -1.22. The van der Waals surface area contributed by atoms with Crippen LogP contribution in [-0.4, -0.2) is 11.3 Å². The van der Waals surface area contributed by atoms with Gasteiger partial charge >= 0.3 is 0 Å². The van der Waals surface area contributed by atoms with Crippen LogP contribution in [0.4, 0.5) is 0 Å². The van der Waals surface area contributed by atoms with Gasteiger partial charge in [-0.05, 0) is 123 Å². The molecule has 2 atom stereocenters. The second kappa shape index (κ2) is 9.46. The second-order valence-corrected chi connectivity index (χ2v) is 17.0. The molecule has 2 heteroatoms. The molecule has 5 aliphatic carbocycles. The van der Waals surface area contributed by atoms with Crippen molar-refractivity contribution in [3.8, 4) is 0 Å². The minimum absolute atomic E-state index is 0.160. The van der Waals surface area contributed by atoms with Crippen LogP contribution < -0.4 is 10.6 Å². The molecule has 0 heterocycles. The molecule has 0 aromatic heterocycles. The molecule has 5 aliphatic rings. The fraction of sp³-hybridized carbons (Fsp3) is 0.543. The fourth-order valence-corrected chi connectivity index (χ4v) is 12.9. The summed E-state index contributed by atoms with van der Waals surface area (Å²) in [4.78, 5) is 0. The van der Waals surface area contributed by atoms with Crippen LogP contribution in [0.3, 0.4) is 0 Å². The molecule has 2 aromatic rings. The van der Waals surface area contributed by atoms with E-state index in [4.69, 9.17) is 0 Å². The molecular formula is C35H46P2. The van der Waals surface area contributed by atoms with Crippen molar-refractivity contribution in [2.24, 2.45) is 28.6 Å². The Morgan fingerprint density at radius 2 is 1.30 bits per heavy atom. The van der Waals surface area contributed by atoms with E-state index in [0.29, 0.717) is 5.41 Å². The molecule has 0 radical (unpaired) electrons. The first-order valence-electron chi connectivity index (χ1n) is 14.7. The van der Waals surface area contributed by atoms with E-state index in [-0.39, 0.29) is 10.6 Å². The molecule has 2 aromatic carbocycles. The summed E-state index contributed by atoms with van der Waals surface area (Å²) in [7, 11) is 3.14. The largest absolute Gasteiger partial charge is 0.126 e. The molecule has 4 saturated carbocycles. The lowest BCUT2D eigenvalue weighted by molar-refractivity contribution is -0.0890. The normalized spacial score (nSPS) is 30.4. The van der Waals surface area contributed by atoms with E-state index in [1.165, 1.54) is 49.7 Å². The summed E-state index contributed by atoms with van der Waals surface area (Å²) >= 11 is 0. The highest BCUT2D eigenvalue weighted by Gasteiger charge is 2.63. The van der Waals surface area contributed by atoms with Crippen molar-refractivity contribution in [2.75, 3.05) is 6.16 Å². The molecule has 0 aliphatic heterocycles. The van der Waals surface area contributed by atoms with Crippen LogP contribution in [0.5, 0.6) is 0 Å². The molecule has 0 N–H and O–H groups in total. The van der Waals surface area contributed by atoms with Gasteiger partial charge in [-0.1, -0.05) is 87.0 Å². The van der Waals surface area contributed by atoms with Crippen molar-refractivity contribution in [1.82, 2.24) is 0 Å². The van der Waals surface area contributed by atoms with Crippen LogP contribution in [0.15, 0.2) is 71.8 Å². The van der Waals surface area contributed by atoms with Gasteiger partial charge < -0.3 is 0 Å². The van der Waals surface area contributed by atoms with Crippen molar-refractivity contribution in [3.05, 3.63) is 83.0 Å². The van der Waals surface area contributed by atoms with Crippen LogP contribution in [0.1, 0.15) is 76.8 Å². The van der Waals surface area contributed by atoms with E-state index in [2.05, 4.69) is 105 Å². The predicted octanol–water partition coefficient (Wildman–Crippen LogP) is 8.87. The van der Waals surface area contributed by atoms with Gasteiger partial charge in [-0.3, -0.25) is 0 Å². The zero-order chi connectivity index (χ0) is 26.0. The summed E-state index contributed by atoms with van der Waals surface area (Å²) in [6.07, 6.45) is 16.3. The van der Waals surface area contributed by atoms with E-state index in [0.717, 1.165) is 30.3 Å². The standard InChI is InChI=1S/C35H46P2/c1-24-11-6-8-15-31(24)37(32-16-9-7-12-25(32)2)23-29-13-10-14-30(29)35(36,33(3,4)5)34-20-26-17-27(21-34)19-28(18-26)22-34/h6-13,15-16,26-28H,14,17-23,36H2,1-5H3. The van der Waals surface area contributed by atoms with E-state index in [1.54, 1.807) is 21.8 Å². The maximum Gasteiger partial charge on any atom is 0.0170 e. The predicted molar refractivity (Wildman–Crippen MR) is 167 cm³/mol. The quantitative estimate of drug-likeness (QED) is 0.329. The van der Waals surface area contributed by atoms with Crippen LogP contribution in [0, 0.1) is 42.4 Å². The lowest BCUT2D eigenvalue weighted by Crippen LogP contribution is -2.61. The Morgan fingerprint density at radius 1 is 0.811 bits per heavy atom. The first kappa shape index (κ1) is 26.0. The average Bonchev–Trinajstić information content (AvgIpc) is 3.30. The highest BCUT2D eigenvalue weighted by atomic mass is 31.1. The highest BCUT2D eigenvalue weighted by Crippen LogP contribution is 2.71. The fourth-order valence-electron chi connectivity index (χ4n) is 9.48. The third-order valence-corrected chi connectivity index (χ3v) is 15.4. The van der Waals surface area contributed by atoms with Gasteiger partial charge in [-0.2, -0.15) is 0 Å². The molecule has 0 amide bonds. The number of aryl methyl sites for hydroxylation is 2. The summed E-state index contributed by atoms with van der Waals surface area (Å²) < 4.78 is 0. The summed E-state index contributed by atoms with van der Waals surface area (Å²) in [5.41, 5.74) is 6.96. The van der Waals surface area contributed by atoms with E-state index in [9.17, 15) is 0 Å². The SMILES string of the molecule is Cc1ccccc1P(CC1=C(C(P)(C(C)(C)C)C23CC4CC(CC(C4)C2)C3)CC=C1)c1ccccc1C. The summed E-state index contributed by atoms with van der Waals surface area (Å²) in [5.74, 6) is 2.92. The minimum Gasteiger partial charge on any atom is -0.126 e. The molecule has 4 bridgehead atoms. The number of allylic oxidation sites excluding steroid dienone is 4. The molecule has 0 spiro atoms. The van der Waals surface area contributed by atoms with Crippen molar-refractivity contribution < 1.29 is 0 Å². The summed E-state index contributed by atoms with van der Waals surface area (Å²) in [5, 5.41) is 3.27. The van der Waals surface area contributed by atoms with Crippen LogP contribution in [0.2, 0.25) is 0 Å². The number of rotatable bonds is 6. The summed E-state index contributed by atoms with van der Waals surface area (Å²) in [6.45, 7) is 12.3. The Kier molecular flexibility index (Phi) is 6.65. The number of hydrogen-bond acceptors (Lipinski definition) is 0.